The number of phenols is 2. The van der Waals surface area contributed by atoms with Crippen molar-refractivity contribution in [2.24, 2.45) is 0 Å². The second kappa shape index (κ2) is 17.8. The fourth-order valence-electron chi connectivity index (χ4n) is 8.02. The minimum Gasteiger partial charge on any atom is -0.507 e. The van der Waals surface area contributed by atoms with E-state index in [1.165, 1.54) is 0 Å². The number of hydrogen-bond acceptors (Lipinski definition) is 8. The number of carbonyl (C=O) groups excluding carboxylic acids is 2. The molecule has 4 aromatic carbocycles. The first kappa shape index (κ1) is 50.0. The highest BCUT2D eigenvalue weighted by molar-refractivity contribution is 5.72. The van der Waals surface area contributed by atoms with Gasteiger partial charge in [-0.2, -0.15) is 0 Å². The van der Waals surface area contributed by atoms with Gasteiger partial charge in [0.2, 0.25) is 0 Å². The molecular weight excluding hydrogens is 801 g/mol. The van der Waals surface area contributed by atoms with E-state index in [1.54, 1.807) is 0 Å². The van der Waals surface area contributed by atoms with E-state index < -0.39 is 23.1 Å². The topological polar surface area (TPSA) is 112 Å². The lowest BCUT2D eigenvalue weighted by molar-refractivity contribution is -0.158. The van der Waals surface area contributed by atoms with Crippen LogP contribution >= 0.6 is 0 Å². The van der Waals surface area contributed by atoms with Crippen molar-refractivity contribution in [3.8, 4) is 23.0 Å². The van der Waals surface area contributed by atoms with Crippen molar-refractivity contribution in [1.82, 2.24) is 0 Å². The van der Waals surface area contributed by atoms with Crippen LogP contribution in [-0.4, -0.2) is 46.6 Å². The number of benzene rings is 4. The van der Waals surface area contributed by atoms with Gasteiger partial charge in [-0.1, -0.05) is 132 Å². The standard InChI is InChI=1S/C56H76O8/c1-51(2,3)41-23-33-19-37-27-43(53(7,8)9)29-39(49(37)61-31-45(57)63-55(13,14)15)21-35-25-42(52(4,5)6)26-36(48(35)60)22-40-30-44(54(10,11)12)28-38(20-34(24-41)47(33)59)50(40)62-32-46(58)64-56(16,17)18/h23-30,59-60H,19-22,31-32H2,1-18H3. The molecule has 0 saturated heterocycles. The van der Waals surface area contributed by atoms with E-state index in [-0.39, 0.29) is 72.1 Å². The number of fused-ring (bicyclic) bond motifs is 8. The number of aromatic hydroxyl groups is 2. The zero-order valence-electron chi connectivity index (χ0n) is 42.2. The van der Waals surface area contributed by atoms with Crippen LogP contribution in [0.2, 0.25) is 0 Å². The summed E-state index contributed by atoms with van der Waals surface area (Å²) in [5.41, 5.74) is 7.68. The molecule has 0 saturated carbocycles. The number of rotatable bonds is 6. The maximum Gasteiger partial charge on any atom is 0.344 e. The normalized spacial score (nSPS) is 13.9. The maximum absolute atomic E-state index is 13.3. The number of carbonyl (C=O) groups is 2. The Morgan fingerprint density at radius 2 is 0.594 bits per heavy atom. The van der Waals surface area contributed by atoms with Crippen LogP contribution in [-0.2, 0) is 66.4 Å². The zero-order chi connectivity index (χ0) is 48.1. The SMILES string of the molecule is CC(C)(C)OC(=O)COc1c2cc(C(C)(C)C)cc1Cc1cc(C(C)(C)C)cc(c1O)Cc1cc(C(C)(C)C)cc(c1OCC(=O)OC(C)(C)C)Cc1cc(C(C)(C)C)cc(c1O)C2. The van der Waals surface area contributed by atoms with Crippen LogP contribution in [0.25, 0.3) is 0 Å². The van der Waals surface area contributed by atoms with Gasteiger partial charge in [-0.3, -0.25) is 0 Å². The lowest BCUT2D eigenvalue weighted by Crippen LogP contribution is -2.27. The van der Waals surface area contributed by atoms with Crippen molar-refractivity contribution in [2.75, 3.05) is 13.2 Å². The molecule has 8 nitrogen and oxygen atoms in total. The van der Waals surface area contributed by atoms with E-state index in [0.29, 0.717) is 33.8 Å². The highest BCUT2D eigenvalue weighted by atomic mass is 16.6. The fourth-order valence-corrected chi connectivity index (χ4v) is 8.02. The number of hydrogen-bond donors (Lipinski definition) is 2. The van der Waals surface area contributed by atoms with E-state index in [1.807, 2.05) is 41.5 Å². The van der Waals surface area contributed by atoms with Gasteiger partial charge in [0, 0.05) is 25.7 Å². The van der Waals surface area contributed by atoms with Crippen LogP contribution < -0.4 is 9.47 Å². The number of esters is 2. The average Bonchev–Trinajstić information content (AvgIpc) is 3.10. The summed E-state index contributed by atoms with van der Waals surface area (Å²) in [7, 11) is 0. The molecule has 8 bridgehead atoms. The highest BCUT2D eigenvalue weighted by Crippen LogP contribution is 2.44. The summed E-state index contributed by atoms with van der Waals surface area (Å²) in [5.74, 6) is 0.359. The molecule has 0 heterocycles. The Kier molecular flexibility index (Phi) is 13.9. The molecule has 4 aromatic rings. The van der Waals surface area contributed by atoms with Gasteiger partial charge in [0.05, 0.1) is 0 Å². The minimum atomic E-state index is -0.703. The van der Waals surface area contributed by atoms with Gasteiger partial charge in [0.25, 0.3) is 0 Å². The lowest BCUT2D eigenvalue weighted by atomic mass is 9.79. The molecule has 0 spiro atoms. The largest absolute Gasteiger partial charge is 0.507 e. The lowest BCUT2D eigenvalue weighted by Gasteiger charge is -2.28. The molecule has 1 aliphatic rings. The third-order valence-corrected chi connectivity index (χ3v) is 11.5. The molecule has 5 rings (SSSR count). The summed E-state index contributed by atoms with van der Waals surface area (Å²) in [6, 6.07) is 16.8. The summed E-state index contributed by atoms with van der Waals surface area (Å²) in [4.78, 5) is 26.6. The molecular formula is C56H76O8. The van der Waals surface area contributed by atoms with E-state index >= 15 is 0 Å². The Hall–Kier alpha value is -4.98. The first-order valence-electron chi connectivity index (χ1n) is 22.8. The van der Waals surface area contributed by atoms with Gasteiger partial charge in [0.15, 0.2) is 13.2 Å². The second-order valence-corrected chi connectivity index (χ2v) is 24.0. The Morgan fingerprint density at radius 1 is 0.391 bits per heavy atom. The van der Waals surface area contributed by atoms with Gasteiger partial charge in [-0.25, -0.2) is 9.59 Å². The van der Waals surface area contributed by atoms with Gasteiger partial charge in [0.1, 0.15) is 34.2 Å². The Bertz CT molecular complexity index is 2130. The Labute approximate surface area is 384 Å². The van der Waals surface area contributed by atoms with Crippen molar-refractivity contribution >= 4 is 11.9 Å². The summed E-state index contributed by atoms with van der Waals surface area (Å²) in [5, 5.41) is 25.1. The van der Waals surface area contributed by atoms with Crippen molar-refractivity contribution in [3.63, 3.8) is 0 Å². The van der Waals surface area contributed by atoms with Gasteiger partial charge >= 0.3 is 11.9 Å². The quantitative estimate of drug-likeness (QED) is 0.162. The Balaban J connectivity index is 1.91. The zero-order valence-corrected chi connectivity index (χ0v) is 42.2. The van der Waals surface area contributed by atoms with E-state index in [0.717, 1.165) is 44.5 Å². The molecule has 0 amide bonds. The smallest absolute Gasteiger partial charge is 0.344 e. The predicted molar refractivity (Wildman–Crippen MR) is 258 cm³/mol. The van der Waals surface area contributed by atoms with Crippen molar-refractivity contribution in [3.05, 3.63) is 115 Å². The highest BCUT2D eigenvalue weighted by Gasteiger charge is 2.30. The third kappa shape index (κ3) is 12.6. The molecule has 0 unspecified atom stereocenters. The summed E-state index contributed by atoms with van der Waals surface area (Å²) in [6.45, 7) is 36.3. The summed E-state index contributed by atoms with van der Waals surface area (Å²) >= 11 is 0. The Morgan fingerprint density at radius 3 is 0.781 bits per heavy atom. The van der Waals surface area contributed by atoms with Crippen LogP contribution in [0.1, 0.15) is 191 Å². The van der Waals surface area contributed by atoms with Gasteiger partial charge in [-0.05, 0) is 130 Å². The molecule has 0 aliphatic heterocycles. The minimum absolute atomic E-state index is 0.152. The molecule has 1 aliphatic carbocycles. The molecule has 348 valence electrons. The second-order valence-electron chi connectivity index (χ2n) is 24.0. The molecule has 8 heteroatoms. The van der Waals surface area contributed by atoms with Crippen LogP contribution in [0.5, 0.6) is 23.0 Å². The monoisotopic (exact) mass is 877 g/mol. The van der Waals surface area contributed by atoms with Crippen molar-refractivity contribution in [2.45, 2.75) is 183 Å². The fraction of sp³-hybridized carbons (Fsp3) is 0.536. The first-order valence-corrected chi connectivity index (χ1v) is 22.8. The third-order valence-electron chi connectivity index (χ3n) is 11.5. The number of phenolic OH excluding ortho intramolecular Hbond substituents is 2. The van der Waals surface area contributed by atoms with Crippen molar-refractivity contribution < 1.29 is 38.7 Å². The predicted octanol–water partition coefficient (Wildman–Crippen LogP) is 12.4. The molecule has 64 heavy (non-hydrogen) atoms. The molecule has 2 N–H and O–H groups in total. The maximum atomic E-state index is 13.3. The molecule has 0 fully saturated rings. The van der Waals surface area contributed by atoms with Crippen molar-refractivity contribution in [1.29, 1.82) is 0 Å². The van der Waals surface area contributed by atoms with E-state index in [4.69, 9.17) is 18.9 Å². The van der Waals surface area contributed by atoms with Crippen LogP contribution in [0.4, 0.5) is 0 Å². The van der Waals surface area contributed by atoms with Gasteiger partial charge in [-0.15, -0.1) is 0 Å². The summed E-state index contributed by atoms with van der Waals surface area (Å²) < 4.78 is 24.6. The molecule has 0 aromatic heterocycles. The first-order chi connectivity index (χ1) is 29.1. The molecule has 0 radical (unpaired) electrons. The van der Waals surface area contributed by atoms with Gasteiger partial charge < -0.3 is 29.2 Å². The van der Waals surface area contributed by atoms with E-state index in [9.17, 15) is 19.8 Å². The average molecular weight is 877 g/mol. The number of ether oxygens (including phenoxy) is 4. The van der Waals surface area contributed by atoms with E-state index in [2.05, 4.69) is 132 Å². The molecule has 0 atom stereocenters. The summed E-state index contributed by atoms with van der Waals surface area (Å²) in [6.07, 6.45) is 1.16. The van der Waals surface area contributed by atoms with Crippen LogP contribution in [0, 0.1) is 0 Å². The van der Waals surface area contributed by atoms with Crippen LogP contribution in [0.3, 0.4) is 0 Å². The van der Waals surface area contributed by atoms with Crippen LogP contribution in [0.15, 0.2) is 48.5 Å².